The summed E-state index contributed by atoms with van der Waals surface area (Å²) < 4.78 is 30.6. The lowest BCUT2D eigenvalue weighted by molar-refractivity contribution is -0.116. The van der Waals surface area contributed by atoms with Crippen LogP contribution in [-0.4, -0.2) is 30.3 Å². The van der Waals surface area contributed by atoms with Gasteiger partial charge in [0.15, 0.2) is 9.84 Å². The van der Waals surface area contributed by atoms with Crippen LogP contribution >= 0.6 is 22.9 Å². The second-order valence-corrected chi connectivity index (χ2v) is 10.1. The highest BCUT2D eigenvalue weighted by Crippen LogP contribution is 2.24. The number of thiophene rings is 1. The maximum absolute atomic E-state index is 12.3. The van der Waals surface area contributed by atoms with Crippen molar-refractivity contribution in [3.63, 3.8) is 0 Å². The van der Waals surface area contributed by atoms with Gasteiger partial charge in [0.2, 0.25) is 11.8 Å². The Morgan fingerprint density at radius 1 is 1.18 bits per heavy atom. The van der Waals surface area contributed by atoms with Gasteiger partial charge in [-0.05, 0) is 37.6 Å². The summed E-state index contributed by atoms with van der Waals surface area (Å²) in [5.74, 6) is -0.137. The summed E-state index contributed by atoms with van der Waals surface area (Å²) in [7, 11) is -3.42. The van der Waals surface area contributed by atoms with Gasteiger partial charge in [-0.15, -0.1) is 16.4 Å². The fraction of sp³-hybridized carbons (Fsp3) is 0.278. The summed E-state index contributed by atoms with van der Waals surface area (Å²) in [6, 6.07) is 10.3. The van der Waals surface area contributed by atoms with Gasteiger partial charge >= 0.3 is 6.01 Å². The highest BCUT2D eigenvalue weighted by Gasteiger charge is 2.16. The lowest BCUT2D eigenvalue weighted by atomic mass is 10.2. The molecule has 0 radical (unpaired) electrons. The molecule has 0 saturated heterocycles. The summed E-state index contributed by atoms with van der Waals surface area (Å²) in [5, 5.41) is 10.1. The van der Waals surface area contributed by atoms with E-state index in [1.165, 1.54) is 11.3 Å². The summed E-state index contributed by atoms with van der Waals surface area (Å²) in [6.07, 6.45) is 0.648. The molecule has 0 atom stereocenters. The van der Waals surface area contributed by atoms with E-state index >= 15 is 0 Å². The van der Waals surface area contributed by atoms with E-state index in [2.05, 4.69) is 15.5 Å². The molecule has 3 aromatic rings. The number of carbonyl (C=O) groups excluding carboxylic acids is 1. The zero-order valence-corrected chi connectivity index (χ0v) is 17.4. The van der Waals surface area contributed by atoms with E-state index in [1.807, 2.05) is 13.0 Å². The first kappa shape index (κ1) is 20.5. The number of nitrogens with one attached hydrogen (secondary N) is 1. The fourth-order valence-electron chi connectivity index (χ4n) is 2.44. The van der Waals surface area contributed by atoms with Crippen molar-refractivity contribution in [3.8, 4) is 0 Å². The van der Waals surface area contributed by atoms with Crippen LogP contribution in [0, 0.1) is 6.92 Å². The van der Waals surface area contributed by atoms with Gasteiger partial charge in [-0.25, -0.2) is 8.42 Å². The minimum Gasteiger partial charge on any atom is -0.407 e. The predicted octanol–water partition coefficient (Wildman–Crippen LogP) is 3.88. The number of nitrogens with zero attached hydrogens (tertiary/aromatic N) is 2. The molecular formula is C18H18ClN3O4S2. The average Bonchev–Trinajstić information content (AvgIpc) is 3.24. The van der Waals surface area contributed by atoms with E-state index in [0.29, 0.717) is 16.6 Å². The summed E-state index contributed by atoms with van der Waals surface area (Å²) in [5.41, 5.74) is 0.986. The Balaban J connectivity index is 1.47. The van der Waals surface area contributed by atoms with Crippen molar-refractivity contribution in [2.45, 2.75) is 31.1 Å². The molecule has 1 N–H and O–H groups in total. The number of sulfone groups is 1. The van der Waals surface area contributed by atoms with Crippen LogP contribution in [0.4, 0.5) is 6.01 Å². The molecule has 2 heterocycles. The Kier molecular flexibility index (Phi) is 6.48. The number of benzene rings is 1. The number of rotatable bonds is 8. The quantitative estimate of drug-likeness (QED) is 0.571. The minimum absolute atomic E-state index is 0.0101. The number of halogens is 1. The maximum atomic E-state index is 12.3. The Bertz CT molecular complexity index is 1060. The third-order valence-corrected chi connectivity index (χ3v) is 6.91. The number of hydrogen-bond acceptors (Lipinski definition) is 7. The maximum Gasteiger partial charge on any atom is 0.322 e. The highest BCUT2D eigenvalue weighted by molar-refractivity contribution is 7.91. The first-order valence-electron chi connectivity index (χ1n) is 8.48. The van der Waals surface area contributed by atoms with Gasteiger partial charge in [0.25, 0.3) is 0 Å². The fourth-order valence-corrected chi connectivity index (χ4v) is 4.83. The second kappa shape index (κ2) is 8.85. The molecule has 1 amide bonds. The molecule has 2 aromatic heterocycles. The van der Waals surface area contributed by atoms with Crippen molar-refractivity contribution in [1.82, 2.24) is 10.2 Å². The molecule has 10 heteroatoms. The van der Waals surface area contributed by atoms with Crippen molar-refractivity contribution < 1.29 is 17.6 Å². The largest absolute Gasteiger partial charge is 0.407 e. The van der Waals surface area contributed by atoms with E-state index in [0.717, 1.165) is 10.4 Å². The molecule has 0 saturated carbocycles. The molecule has 0 spiro atoms. The van der Waals surface area contributed by atoms with Gasteiger partial charge in [0.1, 0.15) is 0 Å². The third kappa shape index (κ3) is 5.63. The molecule has 0 aliphatic rings. The van der Waals surface area contributed by atoms with Crippen LogP contribution in [0.3, 0.4) is 0 Å². The zero-order chi connectivity index (χ0) is 20.1. The molecule has 1 aromatic carbocycles. The van der Waals surface area contributed by atoms with Gasteiger partial charge in [0, 0.05) is 11.3 Å². The molecule has 7 nitrogen and oxygen atoms in total. The van der Waals surface area contributed by atoms with Crippen molar-refractivity contribution in [3.05, 3.63) is 57.1 Å². The van der Waals surface area contributed by atoms with Gasteiger partial charge in [-0.3, -0.25) is 10.1 Å². The molecule has 0 fully saturated rings. The lowest BCUT2D eigenvalue weighted by Crippen LogP contribution is -2.14. The van der Waals surface area contributed by atoms with Gasteiger partial charge in [-0.2, -0.15) is 0 Å². The van der Waals surface area contributed by atoms with E-state index < -0.39 is 9.84 Å². The first-order valence-corrected chi connectivity index (χ1v) is 11.3. The second-order valence-electron chi connectivity index (χ2n) is 6.17. The molecule has 3 rings (SSSR count). The zero-order valence-electron chi connectivity index (χ0n) is 15.0. The number of carbonyl (C=O) groups is 1. The highest BCUT2D eigenvalue weighted by atomic mass is 35.5. The summed E-state index contributed by atoms with van der Waals surface area (Å²) in [6.45, 7) is 1.89. The first-order chi connectivity index (χ1) is 13.3. The normalized spacial score (nSPS) is 11.5. The molecule has 148 valence electrons. The Labute approximate surface area is 171 Å². The number of aromatic nitrogens is 2. The number of anilines is 1. The Morgan fingerprint density at radius 3 is 2.61 bits per heavy atom. The van der Waals surface area contributed by atoms with Crippen LogP contribution < -0.4 is 5.32 Å². The van der Waals surface area contributed by atoms with Crippen molar-refractivity contribution in [2.24, 2.45) is 0 Å². The Hall–Kier alpha value is -2.23. The van der Waals surface area contributed by atoms with Gasteiger partial charge in [-0.1, -0.05) is 34.4 Å². The predicted molar refractivity (Wildman–Crippen MR) is 108 cm³/mol. The molecule has 0 bridgehead atoms. The van der Waals surface area contributed by atoms with Crippen LogP contribution in [-0.2, 0) is 21.1 Å². The average molecular weight is 440 g/mol. The summed E-state index contributed by atoms with van der Waals surface area (Å²) in [4.78, 5) is 13.2. The van der Waals surface area contributed by atoms with Crippen LogP contribution in [0.15, 0.2) is 45.7 Å². The van der Waals surface area contributed by atoms with Crippen LogP contribution in [0.25, 0.3) is 0 Å². The monoisotopic (exact) mass is 439 g/mol. The van der Waals surface area contributed by atoms with Crippen LogP contribution in [0.1, 0.15) is 29.2 Å². The van der Waals surface area contributed by atoms with Crippen molar-refractivity contribution >= 4 is 44.7 Å². The minimum atomic E-state index is -3.42. The van der Waals surface area contributed by atoms with E-state index in [9.17, 15) is 13.2 Å². The number of aryl methyl sites for hydroxylation is 1. The molecule has 0 aliphatic heterocycles. The van der Waals surface area contributed by atoms with Crippen molar-refractivity contribution in [2.75, 3.05) is 11.1 Å². The van der Waals surface area contributed by atoms with Gasteiger partial charge in [0.05, 0.1) is 21.4 Å². The van der Waals surface area contributed by atoms with Crippen LogP contribution in [0.2, 0.25) is 4.34 Å². The van der Waals surface area contributed by atoms with Crippen molar-refractivity contribution in [1.29, 1.82) is 0 Å². The SMILES string of the molecule is Cc1ccc(S(=O)(=O)CCCC(=O)Nc2nnc(Cc3ccc(Cl)s3)o2)cc1. The Morgan fingerprint density at radius 2 is 1.93 bits per heavy atom. The molecule has 0 unspecified atom stereocenters. The third-order valence-electron chi connectivity index (χ3n) is 3.86. The summed E-state index contributed by atoms with van der Waals surface area (Å²) >= 11 is 7.29. The van der Waals surface area contributed by atoms with E-state index in [4.69, 9.17) is 16.0 Å². The molecular weight excluding hydrogens is 422 g/mol. The molecule has 0 aliphatic carbocycles. The van der Waals surface area contributed by atoms with E-state index in [-0.39, 0.29) is 35.4 Å². The number of hydrogen-bond donors (Lipinski definition) is 1. The smallest absolute Gasteiger partial charge is 0.322 e. The molecule has 28 heavy (non-hydrogen) atoms. The topological polar surface area (TPSA) is 102 Å². The van der Waals surface area contributed by atoms with Gasteiger partial charge < -0.3 is 4.42 Å². The number of amides is 1. The van der Waals surface area contributed by atoms with Crippen LogP contribution in [0.5, 0.6) is 0 Å². The standard InChI is InChI=1S/C18H18ClN3O4S2/c1-12-4-7-14(8-5-12)28(24,25)10-2-3-16(23)20-18-22-21-17(26-18)11-13-6-9-15(19)27-13/h4-9H,2-3,10-11H2,1H3,(H,20,22,23). The lowest BCUT2D eigenvalue weighted by Gasteiger charge is -2.05. The van der Waals surface area contributed by atoms with E-state index in [1.54, 1.807) is 30.3 Å².